The van der Waals surface area contributed by atoms with E-state index >= 15 is 0 Å². The van der Waals surface area contributed by atoms with E-state index in [9.17, 15) is 4.79 Å². The Labute approximate surface area is 141 Å². The number of anilines is 1. The van der Waals surface area contributed by atoms with Crippen molar-refractivity contribution < 1.29 is 9.53 Å². The summed E-state index contributed by atoms with van der Waals surface area (Å²) in [6.45, 7) is 4.25. The van der Waals surface area contributed by atoms with Gasteiger partial charge in [-0.25, -0.2) is 0 Å². The van der Waals surface area contributed by atoms with E-state index in [1.807, 2.05) is 30.3 Å². The molecule has 23 heavy (non-hydrogen) atoms. The summed E-state index contributed by atoms with van der Waals surface area (Å²) in [5.41, 5.74) is 2.67. The van der Waals surface area contributed by atoms with E-state index in [4.69, 9.17) is 16.3 Å². The predicted octanol–water partition coefficient (Wildman–Crippen LogP) is 5.28. The lowest BCUT2D eigenvalue weighted by molar-refractivity contribution is 0.104. The van der Waals surface area contributed by atoms with Gasteiger partial charge in [0, 0.05) is 23.5 Å². The predicted molar refractivity (Wildman–Crippen MR) is 95.6 cm³/mol. The number of carbonyl (C=O) groups is 1. The summed E-state index contributed by atoms with van der Waals surface area (Å²) < 4.78 is 5.09. The van der Waals surface area contributed by atoms with Gasteiger partial charge in [0.25, 0.3) is 0 Å². The highest BCUT2D eigenvalue weighted by atomic mass is 35.5. The minimum Gasteiger partial charge on any atom is -0.495 e. The van der Waals surface area contributed by atoms with Gasteiger partial charge in [0.2, 0.25) is 0 Å². The molecule has 2 aromatic carbocycles. The van der Waals surface area contributed by atoms with E-state index in [0.717, 1.165) is 5.69 Å². The van der Waals surface area contributed by atoms with Gasteiger partial charge in [-0.1, -0.05) is 49.7 Å². The van der Waals surface area contributed by atoms with Crippen LogP contribution in [0.1, 0.15) is 35.7 Å². The SMILES string of the molecule is COc1ccc(N/C=C/C(=O)c2ccc(C(C)C)cc2)cc1Cl. The third-order valence-electron chi connectivity index (χ3n) is 3.50. The highest BCUT2D eigenvalue weighted by Gasteiger charge is 2.04. The molecule has 2 rings (SSSR count). The topological polar surface area (TPSA) is 38.3 Å². The zero-order chi connectivity index (χ0) is 16.8. The Balaban J connectivity index is 1.99. The van der Waals surface area contributed by atoms with Crippen molar-refractivity contribution in [2.45, 2.75) is 19.8 Å². The molecule has 0 saturated carbocycles. The molecule has 120 valence electrons. The average molecular weight is 330 g/mol. The standard InChI is InChI=1S/C19H20ClNO2/c1-13(2)14-4-6-15(7-5-14)18(22)10-11-21-16-8-9-19(23-3)17(20)12-16/h4-13,21H,1-3H3/b11-10+. The second-order valence-corrected chi connectivity index (χ2v) is 5.88. The quantitative estimate of drug-likeness (QED) is 0.578. The molecule has 0 fully saturated rings. The number of ether oxygens (including phenoxy) is 1. The van der Waals surface area contributed by atoms with Crippen LogP contribution >= 0.6 is 11.6 Å². The maximum atomic E-state index is 12.1. The van der Waals surface area contributed by atoms with Crippen LogP contribution in [0, 0.1) is 0 Å². The fourth-order valence-corrected chi connectivity index (χ4v) is 2.36. The number of methoxy groups -OCH3 is 1. The van der Waals surface area contributed by atoms with Crippen LogP contribution in [0.15, 0.2) is 54.7 Å². The van der Waals surface area contributed by atoms with E-state index in [-0.39, 0.29) is 5.78 Å². The first-order valence-electron chi connectivity index (χ1n) is 7.42. The lowest BCUT2D eigenvalue weighted by Crippen LogP contribution is -1.97. The molecule has 0 saturated heterocycles. The van der Waals surface area contributed by atoms with Crippen molar-refractivity contribution in [3.05, 3.63) is 70.9 Å². The Morgan fingerprint density at radius 2 is 1.87 bits per heavy atom. The van der Waals surface area contributed by atoms with E-state index in [1.165, 1.54) is 11.6 Å². The minimum absolute atomic E-state index is 0.0487. The van der Waals surface area contributed by atoms with Crippen LogP contribution in [-0.4, -0.2) is 12.9 Å². The zero-order valence-electron chi connectivity index (χ0n) is 13.5. The van der Waals surface area contributed by atoms with Gasteiger partial charge in [-0.15, -0.1) is 0 Å². The molecule has 0 heterocycles. The lowest BCUT2D eigenvalue weighted by Gasteiger charge is -2.06. The van der Waals surface area contributed by atoms with Gasteiger partial charge in [-0.2, -0.15) is 0 Å². The normalized spacial score (nSPS) is 11.0. The fourth-order valence-electron chi connectivity index (χ4n) is 2.10. The molecule has 3 nitrogen and oxygen atoms in total. The monoisotopic (exact) mass is 329 g/mol. The zero-order valence-corrected chi connectivity index (χ0v) is 14.2. The molecule has 0 aliphatic carbocycles. The molecule has 0 spiro atoms. The Morgan fingerprint density at radius 1 is 1.17 bits per heavy atom. The van der Waals surface area contributed by atoms with Gasteiger partial charge in [0.05, 0.1) is 12.1 Å². The van der Waals surface area contributed by atoms with E-state index in [0.29, 0.717) is 22.3 Å². The van der Waals surface area contributed by atoms with Crippen molar-refractivity contribution in [3.63, 3.8) is 0 Å². The van der Waals surface area contributed by atoms with Crippen molar-refractivity contribution in [1.82, 2.24) is 0 Å². The number of halogens is 1. The highest BCUT2D eigenvalue weighted by Crippen LogP contribution is 2.27. The Morgan fingerprint density at radius 3 is 2.43 bits per heavy atom. The number of rotatable bonds is 6. The molecule has 0 aromatic heterocycles. The third-order valence-corrected chi connectivity index (χ3v) is 3.79. The summed E-state index contributed by atoms with van der Waals surface area (Å²) >= 11 is 6.05. The molecule has 0 aliphatic heterocycles. The molecule has 4 heteroatoms. The molecular formula is C19H20ClNO2. The van der Waals surface area contributed by atoms with Gasteiger partial charge in [-0.05, 0) is 29.7 Å². The summed E-state index contributed by atoms with van der Waals surface area (Å²) in [7, 11) is 1.57. The van der Waals surface area contributed by atoms with Crippen LogP contribution in [0.3, 0.4) is 0 Å². The fraction of sp³-hybridized carbons (Fsp3) is 0.211. The molecule has 0 amide bonds. The van der Waals surface area contributed by atoms with Crippen molar-refractivity contribution in [2.75, 3.05) is 12.4 Å². The van der Waals surface area contributed by atoms with Crippen molar-refractivity contribution in [2.24, 2.45) is 0 Å². The van der Waals surface area contributed by atoms with Crippen LogP contribution in [0.25, 0.3) is 0 Å². The van der Waals surface area contributed by atoms with Crippen LogP contribution in [0.4, 0.5) is 5.69 Å². The summed E-state index contributed by atoms with van der Waals surface area (Å²) in [4.78, 5) is 12.1. The highest BCUT2D eigenvalue weighted by molar-refractivity contribution is 6.32. The van der Waals surface area contributed by atoms with Gasteiger partial charge in [0.15, 0.2) is 5.78 Å². The second kappa shape index (κ2) is 7.84. The number of carbonyl (C=O) groups excluding carboxylic acids is 1. The smallest absolute Gasteiger partial charge is 0.187 e. The van der Waals surface area contributed by atoms with Crippen LogP contribution in [0.2, 0.25) is 5.02 Å². The van der Waals surface area contributed by atoms with Crippen molar-refractivity contribution >= 4 is 23.1 Å². The summed E-state index contributed by atoms with van der Waals surface area (Å²) in [6.07, 6.45) is 3.11. The minimum atomic E-state index is -0.0487. The number of hydrogen-bond acceptors (Lipinski definition) is 3. The van der Waals surface area contributed by atoms with Gasteiger partial charge >= 0.3 is 0 Å². The van der Waals surface area contributed by atoms with Crippen molar-refractivity contribution in [3.8, 4) is 5.75 Å². The van der Waals surface area contributed by atoms with E-state index < -0.39 is 0 Å². The molecule has 0 radical (unpaired) electrons. The first-order valence-corrected chi connectivity index (χ1v) is 7.80. The maximum absolute atomic E-state index is 12.1. The average Bonchev–Trinajstić information content (AvgIpc) is 2.55. The summed E-state index contributed by atoms with van der Waals surface area (Å²) in [5, 5.41) is 3.54. The first kappa shape index (κ1) is 17.1. The molecule has 0 unspecified atom stereocenters. The Hall–Kier alpha value is -2.26. The summed E-state index contributed by atoms with van der Waals surface area (Å²) in [5.74, 6) is 1.02. The molecule has 2 aromatic rings. The van der Waals surface area contributed by atoms with Gasteiger partial charge < -0.3 is 10.1 Å². The van der Waals surface area contributed by atoms with Gasteiger partial charge in [0.1, 0.15) is 5.75 Å². The maximum Gasteiger partial charge on any atom is 0.187 e. The van der Waals surface area contributed by atoms with E-state index in [1.54, 1.807) is 25.4 Å². The molecular weight excluding hydrogens is 310 g/mol. The number of hydrogen-bond donors (Lipinski definition) is 1. The van der Waals surface area contributed by atoms with Gasteiger partial charge in [-0.3, -0.25) is 4.79 Å². The van der Waals surface area contributed by atoms with Crippen molar-refractivity contribution in [1.29, 1.82) is 0 Å². The number of benzene rings is 2. The van der Waals surface area contributed by atoms with E-state index in [2.05, 4.69) is 19.2 Å². The summed E-state index contributed by atoms with van der Waals surface area (Å²) in [6, 6.07) is 13.0. The largest absolute Gasteiger partial charge is 0.495 e. The molecule has 1 N–H and O–H groups in total. The molecule has 0 bridgehead atoms. The van der Waals surface area contributed by atoms with Crippen LogP contribution in [0.5, 0.6) is 5.75 Å². The number of allylic oxidation sites excluding steroid dienone is 1. The molecule has 0 atom stereocenters. The Kier molecular flexibility index (Phi) is 5.83. The Bertz CT molecular complexity index is 706. The third kappa shape index (κ3) is 4.60. The number of ketones is 1. The first-order chi connectivity index (χ1) is 11.0. The lowest BCUT2D eigenvalue weighted by atomic mass is 10.0. The molecule has 0 aliphatic rings. The number of nitrogens with one attached hydrogen (secondary N) is 1. The second-order valence-electron chi connectivity index (χ2n) is 5.47. The van der Waals surface area contributed by atoms with Crippen LogP contribution < -0.4 is 10.1 Å². The van der Waals surface area contributed by atoms with Crippen LogP contribution in [-0.2, 0) is 0 Å².